The number of rotatable bonds is 4. The van der Waals surface area contributed by atoms with Crippen LogP contribution < -0.4 is 5.32 Å². The Morgan fingerprint density at radius 1 is 1.38 bits per heavy atom. The molecule has 6 heteroatoms. The first-order chi connectivity index (χ1) is 7.84. The highest BCUT2D eigenvalue weighted by molar-refractivity contribution is 7.99. The molecule has 0 radical (unpaired) electrons. The minimum atomic E-state index is 0.479. The number of nitrogens with zero attached hydrogens (tertiary/aromatic N) is 3. The largest absolute Gasteiger partial charge is 0.369 e. The average Bonchev–Trinajstić information content (AvgIpc) is 2.30. The summed E-state index contributed by atoms with van der Waals surface area (Å²) in [5, 5.41) is 3.73. The van der Waals surface area contributed by atoms with Gasteiger partial charge in [0.05, 0.1) is 0 Å². The quantitative estimate of drug-likeness (QED) is 0.831. The number of nitrogens with one attached hydrogen (secondary N) is 1. The monoisotopic (exact) mass is 258 g/mol. The molecule has 1 aromatic heterocycles. The van der Waals surface area contributed by atoms with Gasteiger partial charge in [-0.2, -0.15) is 11.8 Å². The summed E-state index contributed by atoms with van der Waals surface area (Å²) in [4.78, 5) is 10.4. The number of halogens is 1. The van der Waals surface area contributed by atoms with Crippen molar-refractivity contribution >= 4 is 29.2 Å². The molecule has 4 nitrogen and oxygen atoms in total. The molecule has 1 aromatic rings. The summed E-state index contributed by atoms with van der Waals surface area (Å²) in [6.45, 7) is 4.34. The lowest BCUT2D eigenvalue weighted by molar-refractivity contribution is 0.314. The van der Waals surface area contributed by atoms with Crippen LogP contribution in [-0.2, 0) is 0 Å². The third-order valence-electron chi connectivity index (χ3n) is 2.47. The number of aromatic nitrogens is 2. The van der Waals surface area contributed by atoms with E-state index < -0.39 is 0 Å². The van der Waals surface area contributed by atoms with E-state index in [1.165, 1.54) is 30.9 Å². The van der Waals surface area contributed by atoms with Crippen LogP contribution in [0.3, 0.4) is 0 Å². The van der Waals surface area contributed by atoms with Gasteiger partial charge in [-0.25, -0.2) is 9.97 Å². The number of thioether (sulfide) groups is 1. The molecule has 0 unspecified atom stereocenters. The van der Waals surface area contributed by atoms with E-state index in [4.69, 9.17) is 11.6 Å². The summed E-state index contributed by atoms with van der Waals surface area (Å²) >= 11 is 7.80. The first-order valence-electron chi connectivity index (χ1n) is 5.36. The van der Waals surface area contributed by atoms with E-state index in [9.17, 15) is 0 Å². The first-order valence-corrected chi connectivity index (χ1v) is 6.89. The summed E-state index contributed by atoms with van der Waals surface area (Å²) in [6.07, 6.45) is 1.47. The van der Waals surface area contributed by atoms with Gasteiger partial charge in [0.2, 0.25) is 0 Å². The average molecular weight is 259 g/mol. The highest BCUT2D eigenvalue weighted by atomic mass is 35.5. The molecule has 0 aliphatic carbocycles. The van der Waals surface area contributed by atoms with Crippen LogP contribution in [0.25, 0.3) is 0 Å². The van der Waals surface area contributed by atoms with Gasteiger partial charge in [0.15, 0.2) is 0 Å². The molecule has 2 heterocycles. The van der Waals surface area contributed by atoms with E-state index in [1.54, 1.807) is 6.07 Å². The molecule has 1 aliphatic heterocycles. The van der Waals surface area contributed by atoms with Crippen molar-refractivity contribution in [3.8, 4) is 0 Å². The Balaban J connectivity index is 1.71. The maximum Gasteiger partial charge on any atom is 0.134 e. The maximum atomic E-state index is 5.77. The lowest BCUT2D eigenvalue weighted by atomic mass is 10.4. The molecule has 1 fully saturated rings. The van der Waals surface area contributed by atoms with Crippen molar-refractivity contribution in [2.45, 2.75) is 0 Å². The fourth-order valence-corrected chi connectivity index (χ4v) is 2.72. The summed E-state index contributed by atoms with van der Waals surface area (Å²) < 4.78 is 0. The molecule has 1 aliphatic rings. The Labute approximate surface area is 105 Å². The van der Waals surface area contributed by atoms with Crippen LogP contribution in [0, 0.1) is 0 Å². The third kappa shape index (κ3) is 3.81. The first kappa shape index (κ1) is 12.0. The summed E-state index contributed by atoms with van der Waals surface area (Å²) in [5.74, 6) is 3.30. The van der Waals surface area contributed by atoms with E-state index in [1.807, 2.05) is 11.8 Å². The Kier molecular flexibility index (Phi) is 4.69. The van der Waals surface area contributed by atoms with Crippen LogP contribution in [-0.4, -0.2) is 52.6 Å². The molecule has 16 heavy (non-hydrogen) atoms. The van der Waals surface area contributed by atoms with E-state index in [2.05, 4.69) is 20.2 Å². The second kappa shape index (κ2) is 6.27. The molecule has 0 saturated carbocycles. The highest BCUT2D eigenvalue weighted by Crippen LogP contribution is 2.10. The SMILES string of the molecule is Clc1cc(NCCN2CCSCC2)ncn1. The molecular formula is C10H15ClN4S. The molecule has 1 N–H and O–H groups in total. The van der Waals surface area contributed by atoms with E-state index in [-0.39, 0.29) is 0 Å². The molecule has 0 bridgehead atoms. The fourth-order valence-electron chi connectivity index (χ4n) is 1.60. The van der Waals surface area contributed by atoms with Crippen molar-refractivity contribution in [1.82, 2.24) is 14.9 Å². The highest BCUT2D eigenvalue weighted by Gasteiger charge is 2.09. The normalized spacial score (nSPS) is 17.3. The maximum absolute atomic E-state index is 5.77. The van der Waals surface area contributed by atoms with Crippen LogP contribution in [0.5, 0.6) is 0 Å². The predicted molar refractivity (Wildman–Crippen MR) is 69.3 cm³/mol. The van der Waals surface area contributed by atoms with Crippen LogP contribution in [0.2, 0.25) is 5.15 Å². The Morgan fingerprint density at radius 2 is 2.19 bits per heavy atom. The van der Waals surface area contributed by atoms with Gasteiger partial charge in [-0.05, 0) is 0 Å². The molecule has 2 rings (SSSR count). The fraction of sp³-hybridized carbons (Fsp3) is 0.600. The van der Waals surface area contributed by atoms with Crippen LogP contribution in [0.4, 0.5) is 5.82 Å². The Bertz CT molecular complexity index is 330. The molecule has 88 valence electrons. The van der Waals surface area contributed by atoms with Gasteiger partial charge < -0.3 is 5.32 Å². The molecule has 0 aromatic carbocycles. The zero-order chi connectivity index (χ0) is 11.2. The number of anilines is 1. The van der Waals surface area contributed by atoms with E-state index >= 15 is 0 Å². The van der Waals surface area contributed by atoms with Crippen molar-refractivity contribution in [1.29, 1.82) is 0 Å². The molecular weight excluding hydrogens is 244 g/mol. The van der Waals surface area contributed by atoms with Crippen molar-refractivity contribution in [2.24, 2.45) is 0 Å². The van der Waals surface area contributed by atoms with Gasteiger partial charge in [-0.1, -0.05) is 11.6 Å². The van der Waals surface area contributed by atoms with Crippen LogP contribution >= 0.6 is 23.4 Å². The topological polar surface area (TPSA) is 41.0 Å². The van der Waals surface area contributed by atoms with Crippen molar-refractivity contribution in [3.05, 3.63) is 17.5 Å². The Hall–Kier alpha value is -0.520. The van der Waals surface area contributed by atoms with Crippen LogP contribution in [0.15, 0.2) is 12.4 Å². The lowest BCUT2D eigenvalue weighted by Crippen LogP contribution is -2.36. The van der Waals surface area contributed by atoms with Gasteiger partial charge >= 0.3 is 0 Å². The van der Waals surface area contributed by atoms with E-state index in [0.29, 0.717) is 5.15 Å². The third-order valence-corrected chi connectivity index (χ3v) is 3.62. The number of hydrogen-bond donors (Lipinski definition) is 1. The molecule has 0 amide bonds. The minimum absolute atomic E-state index is 0.479. The standard InChI is InChI=1S/C10H15ClN4S/c11-9-7-10(14-8-13-9)12-1-2-15-3-5-16-6-4-15/h7-8H,1-6H2,(H,12,13,14). The zero-order valence-electron chi connectivity index (χ0n) is 9.03. The van der Waals surface area contributed by atoms with Gasteiger partial charge in [-0.3, -0.25) is 4.90 Å². The minimum Gasteiger partial charge on any atom is -0.369 e. The Morgan fingerprint density at radius 3 is 2.94 bits per heavy atom. The second-order valence-corrected chi connectivity index (χ2v) is 5.22. The lowest BCUT2D eigenvalue weighted by Gasteiger charge is -2.26. The van der Waals surface area contributed by atoms with Crippen molar-refractivity contribution in [2.75, 3.05) is 43.0 Å². The van der Waals surface area contributed by atoms with Gasteiger partial charge in [0.25, 0.3) is 0 Å². The van der Waals surface area contributed by atoms with Gasteiger partial charge in [0, 0.05) is 43.8 Å². The van der Waals surface area contributed by atoms with E-state index in [0.717, 1.165) is 18.9 Å². The predicted octanol–water partition coefficient (Wildman–Crippen LogP) is 1.59. The smallest absolute Gasteiger partial charge is 0.134 e. The summed E-state index contributed by atoms with van der Waals surface area (Å²) in [5.41, 5.74) is 0. The number of hydrogen-bond acceptors (Lipinski definition) is 5. The van der Waals surface area contributed by atoms with Crippen molar-refractivity contribution < 1.29 is 0 Å². The second-order valence-electron chi connectivity index (χ2n) is 3.61. The van der Waals surface area contributed by atoms with Crippen molar-refractivity contribution in [3.63, 3.8) is 0 Å². The summed E-state index contributed by atoms with van der Waals surface area (Å²) in [6, 6.07) is 1.74. The van der Waals surface area contributed by atoms with Crippen LogP contribution in [0.1, 0.15) is 0 Å². The van der Waals surface area contributed by atoms with Gasteiger partial charge in [-0.15, -0.1) is 0 Å². The zero-order valence-corrected chi connectivity index (χ0v) is 10.6. The molecule has 0 atom stereocenters. The molecule has 0 spiro atoms. The summed E-state index contributed by atoms with van der Waals surface area (Å²) in [7, 11) is 0. The molecule has 1 saturated heterocycles. The van der Waals surface area contributed by atoms with Gasteiger partial charge in [0.1, 0.15) is 17.3 Å².